The molecule has 0 unspecified atom stereocenters. The van der Waals surface area contributed by atoms with Crippen molar-refractivity contribution in [2.24, 2.45) is 5.92 Å². The second kappa shape index (κ2) is 11.1. The molecule has 1 aliphatic heterocycles. The molecule has 31 heavy (non-hydrogen) atoms. The van der Waals surface area contributed by atoms with E-state index in [0.29, 0.717) is 11.6 Å². The summed E-state index contributed by atoms with van der Waals surface area (Å²) in [4.78, 5) is 26.7. The van der Waals surface area contributed by atoms with Crippen molar-refractivity contribution in [2.45, 2.75) is 45.1 Å². The molecule has 2 heterocycles. The molecule has 2 amide bonds. The van der Waals surface area contributed by atoms with Gasteiger partial charge in [-0.15, -0.1) is 10.2 Å². The van der Waals surface area contributed by atoms with Crippen LogP contribution in [0.5, 0.6) is 0 Å². The van der Waals surface area contributed by atoms with Gasteiger partial charge in [0.15, 0.2) is 5.82 Å². The predicted octanol–water partition coefficient (Wildman–Crippen LogP) is 3.57. The second-order valence-electron chi connectivity index (χ2n) is 7.94. The average Bonchev–Trinajstić information content (AvgIpc) is 2.79. The monoisotopic (exact) mass is 441 g/mol. The van der Waals surface area contributed by atoms with Crippen molar-refractivity contribution < 1.29 is 9.59 Å². The Labute approximate surface area is 188 Å². The summed E-state index contributed by atoms with van der Waals surface area (Å²) in [5.74, 6) is 1.09. The number of hydrogen-bond donors (Lipinski definition) is 2. The van der Waals surface area contributed by atoms with Gasteiger partial charge in [-0.25, -0.2) is 0 Å². The van der Waals surface area contributed by atoms with Crippen LogP contribution in [0.15, 0.2) is 35.4 Å². The zero-order valence-electron chi connectivity index (χ0n) is 18.5. The van der Waals surface area contributed by atoms with Crippen molar-refractivity contribution in [2.75, 3.05) is 35.6 Å². The summed E-state index contributed by atoms with van der Waals surface area (Å²) in [7, 11) is 0. The lowest BCUT2D eigenvalue weighted by Crippen LogP contribution is -2.43. The topological polar surface area (TPSA) is 87.2 Å². The molecule has 0 spiro atoms. The van der Waals surface area contributed by atoms with E-state index in [4.69, 9.17) is 0 Å². The van der Waals surface area contributed by atoms with Crippen molar-refractivity contribution >= 4 is 35.1 Å². The van der Waals surface area contributed by atoms with E-state index in [1.165, 1.54) is 17.3 Å². The van der Waals surface area contributed by atoms with Crippen LogP contribution in [0.3, 0.4) is 0 Å². The Morgan fingerprint density at radius 1 is 1.16 bits per heavy atom. The Bertz CT molecular complexity index is 903. The number of anilines is 2. The first kappa shape index (κ1) is 23.1. The summed E-state index contributed by atoms with van der Waals surface area (Å²) in [5, 5.41) is 15.2. The summed E-state index contributed by atoms with van der Waals surface area (Å²) in [6, 6.07) is 9.69. The molecule has 2 N–H and O–H groups in total. The van der Waals surface area contributed by atoms with Gasteiger partial charge in [0, 0.05) is 25.3 Å². The molecular formula is C23H31N5O2S. The van der Waals surface area contributed by atoms with Crippen LogP contribution in [0.1, 0.15) is 37.3 Å². The molecule has 0 bridgehead atoms. The van der Waals surface area contributed by atoms with E-state index in [0.717, 1.165) is 49.4 Å². The third kappa shape index (κ3) is 6.69. The van der Waals surface area contributed by atoms with E-state index >= 15 is 0 Å². The van der Waals surface area contributed by atoms with Gasteiger partial charge in [0.05, 0.1) is 11.7 Å². The number of benzene rings is 1. The van der Waals surface area contributed by atoms with Crippen molar-refractivity contribution in [3.8, 4) is 0 Å². The van der Waals surface area contributed by atoms with E-state index in [1.807, 2.05) is 44.2 Å². The lowest BCUT2D eigenvalue weighted by Gasteiger charge is -2.32. The van der Waals surface area contributed by atoms with Gasteiger partial charge in [-0.2, -0.15) is 0 Å². The number of amides is 2. The second-order valence-corrected chi connectivity index (χ2v) is 8.94. The molecule has 3 rings (SSSR count). The highest BCUT2D eigenvalue weighted by Crippen LogP contribution is 2.23. The third-order valence-corrected chi connectivity index (χ3v) is 6.35. The minimum atomic E-state index is -0.0731. The van der Waals surface area contributed by atoms with Crippen LogP contribution >= 0.6 is 11.8 Å². The van der Waals surface area contributed by atoms with Crippen molar-refractivity contribution in [3.63, 3.8) is 0 Å². The fourth-order valence-corrected chi connectivity index (χ4v) is 4.12. The standard InChI is InChI=1S/C23H31N5O2S/c1-4-11-24-23(30)18-6-5-12-28(14-18)20-9-10-22(27-26-20)31-15-21(29)25-19-8-7-16(2)17(3)13-19/h7-10,13,18H,4-6,11-12,14-15H2,1-3H3,(H,24,30)(H,25,29)/t18-/m0/s1. The molecule has 1 atom stereocenters. The van der Waals surface area contributed by atoms with Gasteiger partial charge in [-0.05, 0) is 68.5 Å². The smallest absolute Gasteiger partial charge is 0.234 e. The maximum Gasteiger partial charge on any atom is 0.234 e. The van der Waals surface area contributed by atoms with E-state index in [2.05, 4.69) is 32.7 Å². The van der Waals surface area contributed by atoms with Crippen LogP contribution in [0.2, 0.25) is 0 Å². The Hall–Kier alpha value is -2.61. The van der Waals surface area contributed by atoms with Crippen molar-refractivity contribution in [3.05, 3.63) is 41.5 Å². The van der Waals surface area contributed by atoms with E-state index in [-0.39, 0.29) is 23.5 Å². The van der Waals surface area contributed by atoms with Crippen LogP contribution in [0.25, 0.3) is 0 Å². The molecule has 2 aromatic rings. The number of nitrogens with one attached hydrogen (secondary N) is 2. The van der Waals surface area contributed by atoms with Crippen LogP contribution in [0.4, 0.5) is 11.5 Å². The van der Waals surface area contributed by atoms with Gasteiger partial charge < -0.3 is 15.5 Å². The fourth-order valence-electron chi connectivity index (χ4n) is 3.51. The number of carbonyl (C=O) groups is 2. The van der Waals surface area contributed by atoms with E-state index < -0.39 is 0 Å². The van der Waals surface area contributed by atoms with Gasteiger partial charge >= 0.3 is 0 Å². The number of aryl methyl sites for hydroxylation is 2. The fraction of sp³-hybridized carbons (Fsp3) is 0.478. The van der Waals surface area contributed by atoms with Gasteiger partial charge in [0.2, 0.25) is 11.8 Å². The Kier molecular flexibility index (Phi) is 8.28. The normalized spacial score (nSPS) is 16.1. The first-order valence-corrected chi connectivity index (χ1v) is 11.8. The average molecular weight is 442 g/mol. The summed E-state index contributed by atoms with van der Waals surface area (Å²) in [6.07, 6.45) is 2.81. The van der Waals surface area contributed by atoms with Crippen LogP contribution in [-0.4, -0.2) is 47.4 Å². The summed E-state index contributed by atoms with van der Waals surface area (Å²) >= 11 is 1.36. The molecular weight excluding hydrogens is 410 g/mol. The highest BCUT2D eigenvalue weighted by Gasteiger charge is 2.26. The SMILES string of the molecule is CCCNC(=O)[C@H]1CCCN(c2ccc(SCC(=O)Nc3ccc(C)c(C)c3)nn2)C1. The van der Waals surface area contributed by atoms with Gasteiger partial charge in [-0.3, -0.25) is 9.59 Å². The molecule has 0 aliphatic carbocycles. The highest BCUT2D eigenvalue weighted by atomic mass is 32.2. The zero-order chi connectivity index (χ0) is 22.2. The summed E-state index contributed by atoms with van der Waals surface area (Å²) < 4.78 is 0. The van der Waals surface area contributed by atoms with Crippen LogP contribution in [-0.2, 0) is 9.59 Å². The lowest BCUT2D eigenvalue weighted by molar-refractivity contribution is -0.125. The summed E-state index contributed by atoms with van der Waals surface area (Å²) in [6.45, 7) is 8.38. The summed E-state index contributed by atoms with van der Waals surface area (Å²) in [5.41, 5.74) is 3.15. The minimum absolute atomic E-state index is 0.00902. The Morgan fingerprint density at radius 2 is 2.00 bits per heavy atom. The number of nitrogens with zero attached hydrogens (tertiary/aromatic N) is 3. The Morgan fingerprint density at radius 3 is 2.71 bits per heavy atom. The quantitative estimate of drug-likeness (QED) is 0.609. The van der Waals surface area contributed by atoms with Crippen molar-refractivity contribution in [1.29, 1.82) is 0 Å². The first-order chi connectivity index (χ1) is 15.0. The number of aromatic nitrogens is 2. The predicted molar refractivity (Wildman–Crippen MR) is 126 cm³/mol. The third-order valence-electron chi connectivity index (χ3n) is 5.43. The van der Waals surface area contributed by atoms with E-state index in [9.17, 15) is 9.59 Å². The van der Waals surface area contributed by atoms with E-state index in [1.54, 1.807) is 0 Å². The molecule has 0 saturated carbocycles. The number of rotatable bonds is 8. The molecule has 1 aliphatic rings. The van der Waals surface area contributed by atoms with Gasteiger partial charge in [0.25, 0.3) is 0 Å². The van der Waals surface area contributed by atoms with Crippen molar-refractivity contribution in [1.82, 2.24) is 15.5 Å². The molecule has 8 heteroatoms. The molecule has 1 fully saturated rings. The minimum Gasteiger partial charge on any atom is -0.356 e. The largest absolute Gasteiger partial charge is 0.356 e. The number of hydrogen-bond acceptors (Lipinski definition) is 6. The molecule has 1 aromatic carbocycles. The number of piperidine rings is 1. The van der Waals surface area contributed by atoms with Gasteiger partial charge in [-0.1, -0.05) is 24.8 Å². The van der Waals surface area contributed by atoms with Crippen LogP contribution in [0, 0.1) is 19.8 Å². The lowest BCUT2D eigenvalue weighted by atomic mass is 9.97. The maximum atomic E-state index is 12.3. The zero-order valence-corrected chi connectivity index (χ0v) is 19.3. The molecule has 1 saturated heterocycles. The van der Waals surface area contributed by atoms with Gasteiger partial charge in [0.1, 0.15) is 5.03 Å². The molecule has 166 valence electrons. The highest BCUT2D eigenvalue weighted by molar-refractivity contribution is 7.99. The first-order valence-electron chi connectivity index (χ1n) is 10.8. The van der Waals surface area contributed by atoms with Crippen LogP contribution < -0.4 is 15.5 Å². The Balaban J connectivity index is 1.49. The molecule has 1 aromatic heterocycles. The maximum absolute atomic E-state index is 12.3. The number of thioether (sulfide) groups is 1. The molecule has 0 radical (unpaired) electrons. The number of carbonyl (C=O) groups excluding carboxylic acids is 2. The molecule has 7 nitrogen and oxygen atoms in total.